The first-order chi connectivity index (χ1) is 12.8. The third kappa shape index (κ3) is 3.72. The molecule has 2 N–H and O–H groups in total. The molecule has 4 rings (SSSR count). The van der Waals surface area contributed by atoms with Crippen molar-refractivity contribution in [2.24, 2.45) is 5.73 Å². The Kier molecular flexibility index (Phi) is 4.88. The van der Waals surface area contributed by atoms with Gasteiger partial charge in [0.15, 0.2) is 0 Å². The maximum absolute atomic E-state index is 6.16. The largest absolute Gasteiger partial charge is 0.372 e. The molecule has 134 valence electrons. The van der Waals surface area contributed by atoms with Crippen LogP contribution in [0.5, 0.6) is 0 Å². The Bertz CT molecular complexity index is 827. The second-order valence-electron chi connectivity index (χ2n) is 6.53. The molecule has 1 unspecified atom stereocenters. The minimum absolute atomic E-state index is 0.396. The zero-order chi connectivity index (χ0) is 17.8. The summed E-state index contributed by atoms with van der Waals surface area (Å²) in [7, 11) is 0. The number of nitrogens with two attached hydrogens (primary N) is 1. The molecular weight excluding hydrogens is 328 g/mol. The van der Waals surface area contributed by atoms with E-state index in [-0.39, 0.29) is 0 Å². The standard InChI is InChI=1S/C19H22N6O/c20-16(13-17-21-9-4-10-22-17)19-23-18(24-26-19)14-5-7-15(8-6-14)25-11-2-1-3-12-25/h4-10,16H,1-3,11-13,20H2. The van der Waals surface area contributed by atoms with Crippen LogP contribution in [0.25, 0.3) is 11.4 Å². The molecule has 7 heteroatoms. The monoisotopic (exact) mass is 350 g/mol. The van der Waals surface area contributed by atoms with Crippen molar-refractivity contribution < 1.29 is 4.52 Å². The Labute approximate surface area is 152 Å². The van der Waals surface area contributed by atoms with E-state index in [0.717, 1.165) is 18.7 Å². The lowest BCUT2D eigenvalue weighted by atomic mass is 10.1. The Morgan fingerprint density at radius 3 is 2.50 bits per heavy atom. The molecule has 1 atom stereocenters. The van der Waals surface area contributed by atoms with Gasteiger partial charge in [-0.25, -0.2) is 9.97 Å². The van der Waals surface area contributed by atoms with E-state index in [1.54, 1.807) is 18.5 Å². The summed E-state index contributed by atoms with van der Waals surface area (Å²) >= 11 is 0. The average molecular weight is 350 g/mol. The minimum Gasteiger partial charge on any atom is -0.372 e. The second kappa shape index (κ2) is 7.61. The molecule has 1 saturated heterocycles. The molecule has 7 nitrogen and oxygen atoms in total. The molecule has 0 aliphatic carbocycles. The van der Waals surface area contributed by atoms with Crippen LogP contribution in [0.2, 0.25) is 0 Å². The van der Waals surface area contributed by atoms with Crippen LogP contribution in [0.4, 0.5) is 5.69 Å². The van der Waals surface area contributed by atoms with Gasteiger partial charge in [0, 0.05) is 43.2 Å². The van der Waals surface area contributed by atoms with Gasteiger partial charge in [0.05, 0.1) is 6.04 Å². The lowest BCUT2D eigenvalue weighted by molar-refractivity contribution is 0.353. The summed E-state index contributed by atoms with van der Waals surface area (Å²) in [4.78, 5) is 15.2. The first-order valence-corrected chi connectivity index (χ1v) is 9.00. The first kappa shape index (κ1) is 16.7. The van der Waals surface area contributed by atoms with E-state index in [1.807, 2.05) is 12.1 Å². The third-order valence-corrected chi connectivity index (χ3v) is 4.63. The number of benzene rings is 1. The number of aromatic nitrogens is 4. The van der Waals surface area contributed by atoms with E-state index in [0.29, 0.717) is 24.0 Å². The van der Waals surface area contributed by atoms with Crippen molar-refractivity contribution in [3.63, 3.8) is 0 Å². The summed E-state index contributed by atoms with van der Waals surface area (Å²) in [6, 6.07) is 9.65. The van der Waals surface area contributed by atoms with Crippen molar-refractivity contribution in [1.29, 1.82) is 0 Å². The van der Waals surface area contributed by atoms with Gasteiger partial charge in [-0.1, -0.05) is 5.16 Å². The molecule has 1 aromatic carbocycles. The van der Waals surface area contributed by atoms with Gasteiger partial charge in [0.25, 0.3) is 0 Å². The molecule has 0 amide bonds. The van der Waals surface area contributed by atoms with Gasteiger partial charge in [-0.3, -0.25) is 0 Å². The quantitative estimate of drug-likeness (QED) is 0.756. The fourth-order valence-corrected chi connectivity index (χ4v) is 3.20. The molecule has 0 saturated carbocycles. The number of nitrogens with zero attached hydrogens (tertiary/aromatic N) is 5. The van der Waals surface area contributed by atoms with Gasteiger partial charge in [-0.2, -0.15) is 4.98 Å². The summed E-state index contributed by atoms with van der Waals surface area (Å²) in [5.41, 5.74) is 8.32. The van der Waals surface area contributed by atoms with E-state index < -0.39 is 6.04 Å². The van der Waals surface area contributed by atoms with Crippen molar-refractivity contribution in [3.8, 4) is 11.4 Å². The van der Waals surface area contributed by atoms with Gasteiger partial charge < -0.3 is 15.2 Å². The molecule has 2 aromatic heterocycles. The topological polar surface area (TPSA) is 94.0 Å². The highest BCUT2D eigenvalue weighted by atomic mass is 16.5. The molecule has 3 heterocycles. The number of anilines is 1. The SMILES string of the molecule is NC(Cc1ncccn1)c1nc(-c2ccc(N3CCCCC3)cc2)no1. The smallest absolute Gasteiger partial charge is 0.244 e. The summed E-state index contributed by atoms with van der Waals surface area (Å²) in [6.45, 7) is 2.25. The molecular formula is C19H22N6O. The molecule has 0 bridgehead atoms. The molecule has 3 aromatic rings. The van der Waals surface area contributed by atoms with Crippen molar-refractivity contribution in [1.82, 2.24) is 20.1 Å². The summed E-state index contributed by atoms with van der Waals surface area (Å²) in [5.74, 6) is 1.60. The minimum atomic E-state index is -0.425. The van der Waals surface area contributed by atoms with E-state index in [2.05, 4.69) is 37.1 Å². The molecule has 1 fully saturated rings. The molecule has 26 heavy (non-hydrogen) atoms. The van der Waals surface area contributed by atoms with Crippen LogP contribution in [-0.2, 0) is 6.42 Å². The van der Waals surface area contributed by atoms with Gasteiger partial charge in [0.2, 0.25) is 11.7 Å². The van der Waals surface area contributed by atoms with E-state index in [1.165, 1.54) is 24.9 Å². The Morgan fingerprint density at radius 2 is 1.77 bits per heavy atom. The number of piperidine rings is 1. The zero-order valence-corrected chi connectivity index (χ0v) is 14.6. The average Bonchev–Trinajstić information content (AvgIpc) is 3.20. The van der Waals surface area contributed by atoms with Crippen LogP contribution in [-0.4, -0.2) is 33.2 Å². The van der Waals surface area contributed by atoms with Crippen LogP contribution in [0.15, 0.2) is 47.2 Å². The van der Waals surface area contributed by atoms with Crippen LogP contribution >= 0.6 is 0 Å². The number of rotatable bonds is 5. The predicted molar refractivity (Wildman–Crippen MR) is 98.5 cm³/mol. The highest BCUT2D eigenvalue weighted by Gasteiger charge is 2.18. The lowest BCUT2D eigenvalue weighted by Gasteiger charge is -2.28. The number of hydrogen-bond acceptors (Lipinski definition) is 7. The Balaban J connectivity index is 1.45. The Morgan fingerprint density at radius 1 is 1.04 bits per heavy atom. The molecule has 1 aliphatic heterocycles. The first-order valence-electron chi connectivity index (χ1n) is 9.00. The summed E-state index contributed by atoms with van der Waals surface area (Å²) < 4.78 is 5.35. The molecule has 1 aliphatic rings. The fourth-order valence-electron chi connectivity index (χ4n) is 3.20. The highest BCUT2D eigenvalue weighted by Crippen LogP contribution is 2.24. The maximum atomic E-state index is 6.16. The van der Waals surface area contributed by atoms with Gasteiger partial charge in [-0.05, 0) is 49.6 Å². The summed E-state index contributed by atoms with van der Waals surface area (Å²) in [5, 5.41) is 4.07. The fraction of sp³-hybridized carbons (Fsp3) is 0.368. The van der Waals surface area contributed by atoms with Crippen LogP contribution in [0.1, 0.15) is 37.0 Å². The molecule has 0 radical (unpaired) electrons. The highest BCUT2D eigenvalue weighted by molar-refractivity contribution is 5.60. The van der Waals surface area contributed by atoms with Crippen LogP contribution in [0, 0.1) is 0 Å². The van der Waals surface area contributed by atoms with Crippen molar-refractivity contribution in [2.75, 3.05) is 18.0 Å². The molecule has 0 spiro atoms. The van der Waals surface area contributed by atoms with Crippen LogP contribution < -0.4 is 10.6 Å². The van der Waals surface area contributed by atoms with E-state index in [4.69, 9.17) is 10.3 Å². The maximum Gasteiger partial charge on any atom is 0.244 e. The normalized spacial score (nSPS) is 15.8. The second-order valence-corrected chi connectivity index (χ2v) is 6.53. The zero-order valence-electron chi connectivity index (χ0n) is 14.6. The number of hydrogen-bond donors (Lipinski definition) is 1. The van der Waals surface area contributed by atoms with E-state index >= 15 is 0 Å². The van der Waals surface area contributed by atoms with Crippen molar-refractivity contribution in [3.05, 3.63) is 54.4 Å². The Hall–Kier alpha value is -2.80. The van der Waals surface area contributed by atoms with Crippen molar-refractivity contribution in [2.45, 2.75) is 31.7 Å². The van der Waals surface area contributed by atoms with E-state index in [9.17, 15) is 0 Å². The van der Waals surface area contributed by atoms with Gasteiger partial charge >= 0.3 is 0 Å². The third-order valence-electron chi connectivity index (χ3n) is 4.63. The van der Waals surface area contributed by atoms with Crippen molar-refractivity contribution >= 4 is 5.69 Å². The van der Waals surface area contributed by atoms with Gasteiger partial charge in [-0.15, -0.1) is 0 Å². The lowest BCUT2D eigenvalue weighted by Crippen LogP contribution is -2.29. The summed E-state index contributed by atoms with van der Waals surface area (Å²) in [6.07, 6.45) is 7.69. The van der Waals surface area contributed by atoms with Crippen LogP contribution in [0.3, 0.4) is 0 Å². The van der Waals surface area contributed by atoms with Gasteiger partial charge in [0.1, 0.15) is 5.82 Å². The predicted octanol–water partition coefficient (Wildman–Crippen LogP) is 2.76.